The molecule has 2 amide bonds. The molecule has 0 radical (unpaired) electrons. The van der Waals surface area contributed by atoms with Crippen LogP contribution in [0.2, 0.25) is 0 Å². The van der Waals surface area contributed by atoms with Crippen LogP contribution in [-0.2, 0) is 11.2 Å². The molecule has 1 saturated heterocycles. The van der Waals surface area contributed by atoms with Crippen molar-refractivity contribution in [3.63, 3.8) is 0 Å². The van der Waals surface area contributed by atoms with Crippen LogP contribution >= 0.6 is 0 Å². The number of amidine groups is 1. The van der Waals surface area contributed by atoms with Gasteiger partial charge in [0.1, 0.15) is 11.9 Å². The van der Waals surface area contributed by atoms with Crippen LogP contribution in [0.1, 0.15) is 17.2 Å². The summed E-state index contributed by atoms with van der Waals surface area (Å²) in [7, 11) is 3.69. The first kappa shape index (κ1) is 13.9. The van der Waals surface area contributed by atoms with Crippen molar-refractivity contribution in [1.29, 1.82) is 5.41 Å². The first-order valence-corrected chi connectivity index (χ1v) is 7.11. The molecule has 0 aliphatic carbocycles. The molecule has 0 aromatic heterocycles. The summed E-state index contributed by atoms with van der Waals surface area (Å²) in [5.41, 5.74) is 3.52. The van der Waals surface area contributed by atoms with Crippen molar-refractivity contribution in [3.8, 4) is 0 Å². The Balaban J connectivity index is 1.90. The van der Waals surface area contributed by atoms with E-state index in [-0.39, 0.29) is 17.9 Å². The molecule has 0 bridgehead atoms. The number of anilines is 1. The maximum atomic E-state index is 12.0. The minimum atomic E-state index is -0.330. The van der Waals surface area contributed by atoms with Crippen LogP contribution in [0.3, 0.4) is 0 Å². The highest BCUT2D eigenvalue weighted by atomic mass is 16.5. The number of fused-ring (bicyclic) bond motifs is 1. The van der Waals surface area contributed by atoms with Gasteiger partial charge in [0.2, 0.25) is 0 Å². The van der Waals surface area contributed by atoms with E-state index in [9.17, 15) is 4.79 Å². The van der Waals surface area contributed by atoms with Gasteiger partial charge in [-0.3, -0.25) is 10.7 Å². The largest absolute Gasteiger partial charge is 0.383 e. The van der Waals surface area contributed by atoms with Gasteiger partial charge in [-0.1, -0.05) is 12.1 Å². The van der Waals surface area contributed by atoms with Crippen LogP contribution in [0, 0.1) is 5.41 Å². The molecule has 1 unspecified atom stereocenters. The summed E-state index contributed by atoms with van der Waals surface area (Å²) < 4.78 is 5.06. The van der Waals surface area contributed by atoms with Crippen molar-refractivity contribution in [2.24, 2.45) is 0 Å². The van der Waals surface area contributed by atoms with E-state index in [2.05, 4.69) is 29.4 Å². The van der Waals surface area contributed by atoms with Crippen molar-refractivity contribution in [1.82, 2.24) is 10.2 Å². The number of likely N-dealkylation sites (N-methyl/N-ethyl adjacent to an activating group) is 1. The molecule has 1 atom stereocenters. The smallest absolute Gasteiger partial charge is 0.323 e. The Morgan fingerprint density at radius 2 is 2.29 bits per heavy atom. The van der Waals surface area contributed by atoms with Gasteiger partial charge in [0.25, 0.3) is 0 Å². The fourth-order valence-corrected chi connectivity index (χ4v) is 3.05. The molecule has 2 heterocycles. The van der Waals surface area contributed by atoms with Gasteiger partial charge in [-0.05, 0) is 23.6 Å². The molecule has 6 heteroatoms. The third-order valence-corrected chi connectivity index (χ3v) is 4.17. The molecule has 2 aliphatic rings. The Morgan fingerprint density at radius 1 is 1.48 bits per heavy atom. The third kappa shape index (κ3) is 2.35. The van der Waals surface area contributed by atoms with Crippen LogP contribution in [0.4, 0.5) is 10.5 Å². The molecule has 21 heavy (non-hydrogen) atoms. The third-order valence-electron chi connectivity index (χ3n) is 4.17. The average Bonchev–Trinajstić information content (AvgIpc) is 2.96. The summed E-state index contributed by atoms with van der Waals surface area (Å²) >= 11 is 0. The highest BCUT2D eigenvalue weighted by Crippen LogP contribution is 2.32. The Labute approximate surface area is 124 Å². The maximum absolute atomic E-state index is 12.0. The number of urea groups is 1. The Morgan fingerprint density at radius 3 is 3.05 bits per heavy atom. The van der Waals surface area contributed by atoms with Crippen LogP contribution in [0.15, 0.2) is 18.2 Å². The molecule has 2 aliphatic heterocycles. The van der Waals surface area contributed by atoms with Gasteiger partial charge in [-0.15, -0.1) is 0 Å². The lowest BCUT2D eigenvalue weighted by molar-refractivity contribution is 0.151. The fourth-order valence-electron chi connectivity index (χ4n) is 3.05. The van der Waals surface area contributed by atoms with Crippen LogP contribution in [0.5, 0.6) is 0 Å². The molecule has 0 spiro atoms. The van der Waals surface area contributed by atoms with Crippen molar-refractivity contribution < 1.29 is 9.53 Å². The number of nitrogens with one attached hydrogen (secondary N) is 2. The van der Waals surface area contributed by atoms with Gasteiger partial charge in [0.15, 0.2) is 0 Å². The Bertz CT molecular complexity index is 587. The number of carbonyl (C=O) groups is 1. The average molecular weight is 288 g/mol. The number of nitrogens with zero attached hydrogens (tertiary/aromatic N) is 2. The predicted octanol–water partition coefficient (Wildman–Crippen LogP) is 1.37. The van der Waals surface area contributed by atoms with E-state index in [0.29, 0.717) is 13.2 Å². The fraction of sp³-hybridized carbons (Fsp3) is 0.467. The molecule has 1 aromatic carbocycles. The SMILES string of the molecule is COCCN1C(=O)NC(=N)C1c1ccc2c(c1)CCN2C. The highest BCUT2D eigenvalue weighted by Gasteiger charge is 2.36. The van der Waals surface area contributed by atoms with Gasteiger partial charge in [-0.2, -0.15) is 0 Å². The lowest BCUT2D eigenvalue weighted by Gasteiger charge is -2.23. The number of rotatable bonds is 4. The molecule has 1 fully saturated rings. The lowest BCUT2D eigenvalue weighted by Crippen LogP contribution is -2.32. The summed E-state index contributed by atoms with van der Waals surface area (Å²) in [6.45, 7) is 1.96. The molecule has 2 N–H and O–H groups in total. The molecule has 3 rings (SSSR count). The van der Waals surface area contributed by atoms with Crippen molar-refractivity contribution in [2.75, 3.05) is 38.8 Å². The summed E-state index contributed by atoms with van der Waals surface area (Å²) in [5.74, 6) is 0.238. The van der Waals surface area contributed by atoms with E-state index in [1.807, 2.05) is 6.07 Å². The minimum Gasteiger partial charge on any atom is -0.383 e. The van der Waals surface area contributed by atoms with E-state index < -0.39 is 0 Å². The standard InChI is InChI=1S/C15H20N4O2/c1-18-6-5-10-9-11(3-4-12(10)18)13-14(16)17-15(20)19(13)7-8-21-2/h3-4,9,13H,5-8H2,1-2H3,(H2,16,17,20). The second kappa shape index (κ2) is 5.37. The summed E-state index contributed by atoms with van der Waals surface area (Å²) in [6, 6.07) is 5.67. The van der Waals surface area contributed by atoms with E-state index in [1.54, 1.807) is 12.0 Å². The van der Waals surface area contributed by atoms with Crippen molar-refractivity contribution >= 4 is 17.6 Å². The van der Waals surface area contributed by atoms with E-state index >= 15 is 0 Å². The zero-order valence-electron chi connectivity index (χ0n) is 12.3. The second-order valence-electron chi connectivity index (χ2n) is 5.49. The molecule has 6 nitrogen and oxygen atoms in total. The predicted molar refractivity (Wildman–Crippen MR) is 81.0 cm³/mol. The van der Waals surface area contributed by atoms with E-state index in [4.69, 9.17) is 10.1 Å². The van der Waals surface area contributed by atoms with Crippen molar-refractivity contribution in [3.05, 3.63) is 29.3 Å². The molecule has 1 aromatic rings. The number of hydrogen-bond donors (Lipinski definition) is 2. The van der Waals surface area contributed by atoms with E-state index in [1.165, 1.54) is 11.3 Å². The number of hydrogen-bond acceptors (Lipinski definition) is 4. The maximum Gasteiger partial charge on any atom is 0.323 e. The number of benzene rings is 1. The number of methoxy groups -OCH3 is 1. The Kier molecular flexibility index (Phi) is 3.55. The van der Waals surface area contributed by atoms with Gasteiger partial charge in [0, 0.05) is 32.9 Å². The normalized spacial score (nSPS) is 21.0. The topological polar surface area (TPSA) is 68.7 Å². The molecular formula is C15H20N4O2. The molecular weight excluding hydrogens is 268 g/mol. The van der Waals surface area contributed by atoms with Crippen LogP contribution < -0.4 is 10.2 Å². The summed E-state index contributed by atoms with van der Waals surface area (Å²) in [5, 5.41) is 10.7. The number of ether oxygens (including phenoxy) is 1. The van der Waals surface area contributed by atoms with Crippen LogP contribution in [-0.4, -0.2) is 50.6 Å². The van der Waals surface area contributed by atoms with Gasteiger partial charge in [0.05, 0.1) is 6.61 Å². The summed E-state index contributed by atoms with van der Waals surface area (Å²) in [4.78, 5) is 15.9. The lowest BCUT2D eigenvalue weighted by atomic mass is 10.0. The van der Waals surface area contributed by atoms with Gasteiger partial charge < -0.3 is 14.5 Å². The zero-order valence-corrected chi connectivity index (χ0v) is 12.3. The van der Waals surface area contributed by atoms with Gasteiger partial charge in [-0.25, -0.2) is 4.79 Å². The van der Waals surface area contributed by atoms with E-state index in [0.717, 1.165) is 18.5 Å². The zero-order chi connectivity index (χ0) is 15.0. The van der Waals surface area contributed by atoms with Crippen molar-refractivity contribution in [2.45, 2.75) is 12.5 Å². The number of amides is 2. The molecule has 112 valence electrons. The first-order valence-electron chi connectivity index (χ1n) is 7.11. The monoisotopic (exact) mass is 288 g/mol. The first-order chi connectivity index (χ1) is 10.1. The summed E-state index contributed by atoms with van der Waals surface area (Å²) in [6.07, 6.45) is 1.01. The second-order valence-corrected chi connectivity index (χ2v) is 5.49. The quantitative estimate of drug-likeness (QED) is 0.879. The van der Waals surface area contributed by atoms with Crippen LogP contribution in [0.25, 0.3) is 0 Å². The number of carbonyl (C=O) groups excluding carboxylic acids is 1. The van der Waals surface area contributed by atoms with Gasteiger partial charge >= 0.3 is 6.03 Å². The highest BCUT2D eigenvalue weighted by molar-refractivity contribution is 6.06. The Hall–Kier alpha value is -2.08. The molecule has 0 saturated carbocycles. The minimum absolute atomic E-state index is 0.223.